The zero-order valence-corrected chi connectivity index (χ0v) is 19.7. The van der Waals surface area contributed by atoms with Crippen molar-refractivity contribution in [3.05, 3.63) is 64.7 Å². The number of carboxylic acid groups (broad SMARTS) is 2. The summed E-state index contributed by atoms with van der Waals surface area (Å²) < 4.78 is 5.37. The molecule has 11 nitrogen and oxygen atoms in total. The first-order valence-electron chi connectivity index (χ1n) is 11.2. The molecule has 3 rings (SSSR count). The van der Waals surface area contributed by atoms with Gasteiger partial charge in [-0.3, -0.25) is 0 Å². The molecule has 0 radical (unpaired) electrons. The number of aliphatic hydroxyl groups is 2. The SMILES string of the molecule is C[C@@H](N)Cc1cc(C#N)c2c(c1)CCN2CCOC(=O)c1ccccc1.O=C(O)[C@H](O)[C@@H](O)C(=O)O. The molecule has 1 aliphatic rings. The number of ether oxygens (including phenoxy) is 1. The number of nitrogens with two attached hydrogens (primary N) is 1. The number of rotatable bonds is 9. The number of anilines is 1. The fourth-order valence-electron chi connectivity index (χ4n) is 3.67. The molecule has 0 saturated carbocycles. The van der Waals surface area contributed by atoms with E-state index < -0.39 is 24.1 Å². The van der Waals surface area contributed by atoms with Crippen LogP contribution in [-0.2, 0) is 27.2 Å². The van der Waals surface area contributed by atoms with Gasteiger partial charge in [0.2, 0.25) is 0 Å². The van der Waals surface area contributed by atoms with E-state index in [4.69, 9.17) is 30.9 Å². The summed E-state index contributed by atoms with van der Waals surface area (Å²) in [5.74, 6) is -3.86. The summed E-state index contributed by atoms with van der Waals surface area (Å²) in [4.78, 5) is 33.7. The van der Waals surface area contributed by atoms with Crippen molar-refractivity contribution in [1.82, 2.24) is 0 Å². The van der Waals surface area contributed by atoms with E-state index in [0.717, 1.165) is 30.6 Å². The molecule has 2 aromatic rings. The van der Waals surface area contributed by atoms with E-state index in [1.165, 1.54) is 5.56 Å². The van der Waals surface area contributed by atoms with Gasteiger partial charge in [-0.05, 0) is 49.1 Å². The Labute approximate surface area is 208 Å². The summed E-state index contributed by atoms with van der Waals surface area (Å²) in [6.45, 7) is 3.66. The van der Waals surface area contributed by atoms with E-state index in [1.807, 2.05) is 31.2 Å². The Hall–Kier alpha value is -3.98. The summed E-state index contributed by atoms with van der Waals surface area (Å²) in [6.07, 6.45) is -2.88. The van der Waals surface area contributed by atoms with Gasteiger partial charge in [0.15, 0.2) is 12.2 Å². The number of nitriles is 1. The normalized spacial score (nSPS) is 14.4. The fraction of sp³-hybridized carbons (Fsp3) is 0.360. The van der Waals surface area contributed by atoms with Gasteiger partial charge in [-0.25, -0.2) is 14.4 Å². The molecule has 6 N–H and O–H groups in total. The van der Waals surface area contributed by atoms with E-state index >= 15 is 0 Å². The van der Waals surface area contributed by atoms with Crippen molar-refractivity contribution in [2.75, 3.05) is 24.6 Å². The number of benzene rings is 2. The molecule has 36 heavy (non-hydrogen) atoms. The van der Waals surface area contributed by atoms with Crippen LogP contribution >= 0.6 is 0 Å². The number of nitrogens with zero attached hydrogens (tertiary/aromatic N) is 2. The van der Waals surface area contributed by atoms with Crippen LogP contribution in [0.5, 0.6) is 0 Å². The second-order valence-corrected chi connectivity index (χ2v) is 8.25. The maximum absolute atomic E-state index is 12.0. The summed E-state index contributed by atoms with van der Waals surface area (Å²) >= 11 is 0. The van der Waals surface area contributed by atoms with E-state index in [0.29, 0.717) is 24.3 Å². The van der Waals surface area contributed by atoms with Crippen LogP contribution in [-0.4, -0.2) is 76.3 Å². The molecule has 0 bridgehead atoms. The topological polar surface area (TPSA) is 194 Å². The smallest absolute Gasteiger partial charge is 0.338 e. The van der Waals surface area contributed by atoms with Crippen molar-refractivity contribution in [1.29, 1.82) is 5.26 Å². The number of hydrogen-bond donors (Lipinski definition) is 5. The maximum atomic E-state index is 12.0. The highest BCUT2D eigenvalue weighted by atomic mass is 16.5. The third-order valence-electron chi connectivity index (χ3n) is 5.30. The van der Waals surface area contributed by atoms with Crippen molar-refractivity contribution >= 4 is 23.6 Å². The number of carbonyl (C=O) groups excluding carboxylic acids is 1. The predicted octanol–water partition coefficient (Wildman–Crippen LogP) is 0.545. The van der Waals surface area contributed by atoms with Gasteiger partial charge in [-0.15, -0.1) is 0 Å². The van der Waals surface area contributed by atoms with E-state index in [-0.39, 0.29) is 12.0 Å². The lowest BCUT2D eigenvalue weighted by atomic mass is 9.99. The first kappa shape index (κ1) is 28.3. The highest BCUT2D eigenvalue weighted by molar-refractivity contribution is 5.89. The summed E-state index contributed by atoms with van der Waals surface area (Å²) in [7, 11) is 0. The molecule has 0 saturated heterocycles. The predicted molar refractivity (Wildman–Crippen MR) is 128 cm³/mol. The highest BCUT2D eigenvalue weighted by Gasteiger charge is 2.29. The Morgan fingerprint density at radius 3 is 2.25 bits per heavy atom. The molecule has 0 spiro atoms. The quantitative estimate of drug-likeness (QED) is 0.302. The largest absolute Gasteiger partial charge is 0.479 e. The lowest BCUT2D eigenvalue weighted by molar-refractivity contribution is -0.165. The van der Waals surface area contributed by atoms with E-state index in [2.05, 4.69) is 17.0 Å². The van der Waals surface area contributed by atoms with E-state index in [9.17, 15) is 19.6 Å². The minimum Gasteiger partial charge on any atom is -0.479 e. The average Bonchev–Trinajstić information content (AvgIpc) is 3.25. The molecular weight excluding hydrogens is 470 g/mol. The van der Waals surface area contributed by atoms with Gasteiger partial charge in [0.05, 0.1) is 23.4 Å². The van der Waals surface area contributed by atoms with Gasteiger partial charge < -0.3 is 35.8 Å². The number of aliphatic hydroxyl groups excluding tert-OH is 2. The van der Waals surface area contributed by atoms with Gasteiger partial charge in [-0.2, -0.15) is 5.26 Å². The van der Waals surface area contributed by atoms with Crippen LogP contribution in [0, 0.1) is 11.3 Å². The van der Waals surface area contributed by atoms with Crippen molar-refractivity contribution in [2.45, 2.75) is 38.0 Å². The molecule has 1 aliphatic heterocycles. The molecule has 2 aromatic carbocycles. The number of esters is 1. The third kappa shape index (κ3) is 7.78. The standard InChI is InChI=1S/C21H23N3O2.C4H6O6/c1-15(23)11-16-12-18-7-8-24(20(18)19(13-16)14-22)9-10-26-21(25)17-5-3-2-4-6-17;5-1(3(7)8)2(6)4(9)10/h2-6,12-13,15H,7-11,23H2,1H3;1-2,5-6H,(H,7,8)(H,9,10)/t15-;1-,2-/m11/s1. The first-order valence-corrected chi connectivity index (χ1v) is 11.2. The number of hydrogen-bond acceptors (Lipinski definition) is 9. The number of aliphatic carboxylic acids is 2. The van der Waals surface area contributed by atoms with Crippen LogP contribution in [0.2, 0.25) is 0 Å². The van der Waals surface area contributed by atoms with Gasteiger partial charge in [-0.1, -0.05) is 24.3 Å². The van der Waals surface area contributed by atoms with Crippen molar-refractivity contribution in [3.8, 4) is 6.07 Å². The lowest BCUT2D eigenvalue weighted by Crippen LogP contribution is -2.39. The monoisotopic (exact) mass is 499 g/mol. The fourth-order valence-corrected chi connectivity index (χ4v) is 3.67. The van der Waals surface area contributed by atoms with Crippen LogP contribution in [0.4, 0.5) is 5.69 Å². The van der Waals surface area contributed by atoms with Gasteiger partial charge in [0, 0.05) is 12.6 Å². The van der Waals surface area contributed by atoms with Crippen LogP contribution in [0.1, 0.15) is 34.0 Å². The minimum absolute atomic E-state index is 0.0643. The van der Waals surface area contributed by atoms with Gasteiger partial charge in [0.25, 0.3) is 0 Å². The summed E-state index contributed by atoms with van der Waals surface area (Å²) in [6, 6.07) is 15.4. The second-order valence-electron chi connectivity index (χ2n) is 8.25. The molecule has 192 valence electrons. The van der Waals surface area contributed by atoms with Crippen molar-refractivity contribution in [3.63, 3.8) is 0 Å². The number of carboxylic acids is 2. The van der Waals surface area contributed by atoms with Crippen molar-refractivity contribution in [2.24, 2.45) is 5.73 Å². The first-order chi connectivity index (χ1) is 17.0. The van der Waals surface area contributed by atoms with Gasteiger partial charge in [0.1, 0.15) is 12.7 Å². The lowest BCUT2D eigenvalue weighted by Gasteiger charge is -2.21. The third-order valence-corrected chi connectivity index (χ3v) is 5.30. The minimum atomic E-state index is -2.27. The Balaban J connectivity index is 0.000000388. The Morgan fingerprint density at radius 1 is 1.11 bits per heavy atom. The van der Waals surface area contributed by atoms with Crippen LogP contribution < -0.4 is 10.6 Å². The number of carbonyl (C=O) groups is 3. The molecule has 0 aromatic heterocycles. The molecular formula is C25H29N3O8. The zero-order chi connectivity index (χ0) is 26.8. The highest BCUT2D eigenvalue weighted by Crippen LogP contribution is 2.33. The molecule has 3 atom stereocenters. The van der Waals surface area contributed by atoms with Gasteiger partial charge >= 0.3 is 17.9 Å². The van der Waals surface area contributed by atoms with Crippen LogP contribution in [0.15, 0.2) is 42.5 Å². The zero-order valence-electron chi connectivity index (χ0n) is 19.7. The van der Waals surface area contributed by atoms with Crippen LogP contribution in [0.3, 0.4) is 0 Å². The molecule has 0 unspecified atom stereocenters. The van der Waals surface area contributed by atoms with Crippen molar-refractivity contribution < 1.29 is 39.5 Å². The summed E-state index contributed by atoms with van der Waals surface area (Å²) in [5, 5.41) is 42.1. The molecule has 0 amide bonds. The van der Waals surface area contributed by atoms with Crippen LogP contribution in [0.25, 0.3) is 0 Å². The Bertz CT molecular complexity index is 1100. The summed E-state index contributed by atoms with van der Waals surface area (Å²) in [5.41, 5.74) is 10.4. The molecule has 0 fully saturated rings. The Kier molecular flexibility index (Phi) is 10.4. The Morgan fingerprint density at radius 2 is 1.72 bits per heavy atom. The molecule has 0 aliphatic carbocycles. The maximum Gasteiger partial charge on any atom is 0.338 e. The number of fused-ring (bicyclic) bond motifs is 1. The molecule has 11 heteroatoms. The second kappa shape index (κ2) is 13.2. The average molecular weight is 500 g/mol. The molecule has 1 heterocycles. The van der Waals surface area contributed by atoms with E-state index in [1.54, 1.807) is 12.1 Å².